The van der Waals surface area contributed by atoms with Gasteiger partial charge in [0, 0.05) is 30.1 Å². The highest BCUT2D eigenvalue weighted by molar-refractivity contribution is 7.11. The molecule has 0 amide bonds. The Morgan fingerprint density at radius 1 is 1.69 bits per heavy atom. The van der Waals surface area contributed by atoms with Crippen LogP contribution >= 0.6 is 11.3 Å². The van der Waals surface area contributed by atoms with E-state index in [1.165, 1.54) is 4.88 Å². The van der Waals surface area contributed by atoms with Crippen molar-refractivity contribution in [1.82, 2.24) is 10.3 Å². The lowest BCUT2D eigenvalue weighted by Crippen LogP contribution is -2.26. The van der Waals surface area contributed by atoms with Gasteiger partial charge in [-0.25, -0.2) is 4.98 Å². The number of aromatic nitrogens is 1. The number of aryl methyl sites for hydroxylation is 1. The van der Waals surface area contributed by atoms with Gasteiger partial charge in [0.1, 0.15) is 5.01 Å². The van der Waals surface area contributed by atoms with Gasteiger partial charge >= 0.3 is 5.97 Å². The van der Waals surface area contributed by atoms with E-state index in [4.69, 9.17) is 5.11 Å². The van der Waals surface area contributed by atoms with Gasteiger partial charge in [0.05, 0.1) is 0 Å². The predicted molar refractivity (Wildman–Crippen MR) is 64.7 cm³/mol. The van der Waals surface area contributed by atoms with Crippen LogP contribution in [0.15, 0.2) is 6.20 Å². The molecule has 0 aromatic carbocycles. The fraction of sp³-hybridized carbons (Fsp3) is 0.636. The van der Waals surface area contributed by atoms with Gasteiger partial charge in [-0.05, 0) is 19.8 Å². The van der Waals surface area contributed by atoms with Gasteiger partial charge in [0.2, 0.25) is 0 Å². The van der Waals surface area contributed by atoms with E-state index in [0.29, 0.717) is 6.42 Å². The van der Waals surface area contributed by atoms with Crippen molar-refractivity contribution in [2.45, 2.75) is 45.7 Å². The highest BCUT2D eigenvalue weighted by Crippen LogP contribution is 2.13. The summed E-state index contributed by atoms with van der Waals surface area (Å²) in [6, 6.07) is 0.213. The minimum Gasteiger partial charge on any atom is -0.481 e. The Hall–Kier alpha value is -0.940. The van der Waals surface area contributed by atoms with Gasteiger partial charge in [-0.3, -0.25) is 4.79 Å². The highest BCUT2D eigenvalue weighted by Gasteiger charge is 2.06. The number of nitrogens with zero attached hydrogens (tertiary/aromatic N) is 1. The summed E-state index contributed by atoms with van der Waals surface area (Å²) in [6.07, 6.45) is 3.80. The first-order valence-electron chi connectivity index (χ1n) is 5.50. The van der Waals surface area contributed by atoms with Crippen molar-refractivity contribution < 1.29 is 9.90 Å². The zero-order valence-electron chi connectivity index (χ0n) is 9.69. The van der Waals surface area contributed by atoms with Crippen LogP contribution in [-0.2, 0) is 17.8 Å². The summed E-state index contributed by atoms with van der Waals surface area (Å²) in [7, 11) is 0. The predicted octanol–water partition coefficient (Wildman–Crippen LogP) is 2.05. The molecule has 5 heteroatoms. The molecule has 16 heavy (non-hydrogen) atoms. The molecule has 0 aliphatic carbocycles. The third-order valence-corrected chi connectivity index (χ3v) is 3.48. The summed E-state index contributed by atoms with van der Waals surface area (Å²) < 4.78 is 0. The van der Waals surface area contributed by atoms with Crippen LogP contribution in [0.2, 0.25) is 0 Å². The molecule has 1 rings (SSSR count). The molecule has 1 unspecified atom stereocenters. The Kier molecular flexibility index (Phi) is 5.42. The molecule has 0 bridgehead atoms. The van der Waals surface area contributed by atoms with Gasteiger partial charge in [-0.15, -0.1) is 11.3 Å². The van der Waals surface area contributed by atoms with Crippen LogP contribution < -0.4 is 5.32 Å². The number of nitrogens with one attached hydrogen (secondary N) is 1. The van der Waals surface area contributed by atoms with E-state index in [1.807, 2.05) is 13.1 Å². The van der Waals surface area contributed by atoms with Crippen molar-refractivity contribution in [2.75, 3.05) is 0 Å². The zero-order chi connectivity index (χ0) is 12.0. The molecule has 0 spiro atoms. The van der Waals surface area contributed by atoms with E-state index in [2.05, 4.69) is 17.2 Å². The van der Waals surface area contributed by atoms with Gasteiger partial charge in [-0.1, -0.05) is 6.92 Å². The Balaban J connectivity index is 2.25. The second kappa shape index (κ2) is 6.60. The van der Waals surface area contributed by atoms with Crippen molar-refractivity contribution in [2.24, 2.45) is 0 Å². The lowest BCUT2D eigenvalue weighted by molar-refractivity contribution is -0.137. The molecule has 4 nitrogen and oxygen atoms in total. The molecule has 0 aliphatic heterocycles. The maximum absolute atomic E-state index is 10.4. The Bertz CT molecular complexity index is 338. The molecule has 1 aromatic heterocycles. The highest BCUT2D eigenvalue weighted by atomic mass is 32.1. The fourth-order valence-corrected chi connectivity index (χ4v) is 2.11. The van der Waals surface area contributed by atoms with Crippen molar-refractivity contribution >= 4 is 17.3 Å². The second-order valence-electron chi connectivity index (χ2n) is 3.79. The van der Waals surface area contributed by atoms with Crippen LogP contribution in [0, 0.1) is 0 Å². The van der Waals surface area contributed by atoms with Crippen LogP contribution in [0.5, 0.6) is 0 Å². The van der Waals surface area contributed by atoms with Crippen LogP contribution in [0.25, 0.3) is 0 Å². The smallest absolute Gasteiger partial charge is 0.303 e. The van der Waals surface area contributed by atoms with E-state index in [1.54, 1.807) is 11.3 Å². The third kappa shape index (κ3) is 4.72. The summed E-state index contributed by atoms with van der Waals surface area (Å²) >= 11 is 1.71. The van der Waals surface area contributed by atoms with Gasteiger partial charge in [-0.2, -0.15) is 0 Å². The zero-order valence-corrected chi connectivity index (χ0v) is 10.5. The Labute approximate surface area is 99.7 Å². The van der Waals surface area contributed by atoms with E-state index in [0.717, 1.165) is 18.0 Å². The van der Waals surface area contributed by atoms with E-state index >= 15 is 0 Å². The minimum absolute atomic E-state index is 0.213. The average molecular weight is 242 g/mol. The molecule has 0 saturated carbocycles. The standard InChI is InChI=1S/C11H18N2O2S/c1-3-9-6-13-10(16-9)7-12-8(2)4-5-11(14)15/h6,8,12H,3-5,7H2,1-2H3,(H,14,15). The average Bonchev–Trinajstić information content (AvgIpc) is 2.71. The molecule has 0 aliphatic rings. The Morgan fingerprint density at radius 3 is 3.00 bits per heavy atom. The number of hydrogen-bond donors (Lipinski definition) is 2. The van der Waals surface area contributed by atoms with Crippen molar-refractivity contribution in [3.63, 3.8) is 0 Å². The molecule has 1 aromatic rings. The quantitative estimate of drug-likeness (QED) is 0.768. The number of carboxylic acids is 1. The lowest BCUT2D eigenvalue weighted by Gasteiger charge is -2.10. The molecule has 90 valence electrons. The maximum Gasteiger partial charge on any atom is 0.303 e. The molecule has 1 atom stereocenters. The third-order valence-electron chi connectivity index (χ3n) is 2.34. The topological polar surface area (TPSA) is 62.2 Å². The summed E-state index contributed by atoms with van der Waals surface area (Å²) in [6.45, 7) is 4.84. The maximum atomic E-state index is 10.4. The van der Waals surface area contributed by atoms with Gasteiger partial charge in [0.15, 0.2) is 0 Å². The second-order valence-corrected chi connectivity index (χ2v) is 4.99. The first kappa shape index (κ1) is 13.1. The number of hydrogen-bond acceptors (Lipinski definition) is 4. The van der Waals surface area contributed by atoms with Crippen molar-refractivity contribution in [3.8, 4) is 0 Å². The minimum atomic E-state index is -0.740. The number of carboxylic acid groups (broad SMARTS) is 1. The summed E-state index contributed by atoms with van der Waals surface area (Å²) in [4.78, 5) is 16.0. The number of aliphatic carboxylic acids is 1. The van der Waals surface area contributed by atoms with E-state index < -0.39 is 5.97 Å². The number of rotatable bonds is 7. The van der Waals surface area contributed by atoms with Crippen molar-refractivity contribution in [3.05, 3.63) is 16.1 Å². The van der Waals surface area contributed by atoms with Gasteiger partial charge < -0.3 is 10.4 Å². The normalized spacial score (nSPS) is 12.6. The molecule has 0 saturated heterocycles. The molecular formula is C11H18N2O2S. The first-order chi connectivity index (χ1) is 7.61. The molecular weight excluding hydrogens is 224 g/mol. The van der Waals surface area contributed by atoms with Crippen LogP contribution in [0.4, 0.5) is 0 Å². The number of carbonyl (C=O) groups is 1. The van der Waals surface area contributed by atoms with Gasteiger partial charge in [0.25, 0.3) is 0 Å². The van der Waals surface area contributed by atoms with E-state index in [9.17, 15) is 4.79 Å². The summed E-state index contributed by atoms with van der Waals surface area (Å²) in [5.74, 6) is -0.740. The number of thiazole rings is 1. The van der Waals surface area contributed by atoms with E-state index in [-0.39, 0.29) is 12.5 Å². The van der Waals surface area contributed by atoms with Crippen LogP contribution in [0.3, 0.4) is 0 Å². The van der Waals surface area contributed by atoms with Crippen LogP contribution in [0.1, 0.15) is 36.6 Å². The van der Waals surface area contributed by atoms with Crippen LogP contribution in [-0.4, -0.2) is 22.1 Å². The molecule has 1 heterocycles. The molecule has 0 radical (unpaired) electrons. The monoisotopic (exact) mass is 242 g/mol. The summed E-state index contributed by atoms with van der Waals surface area (Å²) in [5.41, 5.74) is 0. The first-order valence-corrected chi connectivity index (χ1v) is 6.32. The largest absolute Gasteiger partial charge is 0.481 e. The van der Waals surface area contributed by atoms with Crippen molar-refractivity contribution in [1.29, 1.82) is 0 Å². The fourth-order valence-electron chi connectivity index (χ4n) is 1.30. The lowest BCUT2D eigenvalue weighted by atomic mass is 10.2. The Morgan fingerprint density at radius 2 is 2.44 bits per heavy atom. The summed E-state index contributed by atoms with van der Waals surface area (Å²) in [5, 5.41) is 12.9. The molecule has 0 fully saturated rings. The molecule has 2 N–H and O–H groups in total. The SMILES string of the molecule is CCc1cnc(CNC(C)CCC(=O)O)s1.